The SMILES string of the molecule is Cc1ccc(-c2nnc(SCC(=O)Nc3ccc(C)cc3C)n2-c2ccccc2)cc1. The lowest BCUT2D eigenvalue weighted by Crippen LogP contribution is -2.15. The van der Waals surface area contributed by atoms with E-state index in [1.165, 1.54) is 22.9 Å². The van der Waals surface area contributed by atoms with E-state index in [9.17, 15) is 4.79 Å². The second kappa shape index (κ2) is 9.18. The molecule has 0 atom stereocenters. The Morgan fingerprint density at radius 2 is 1.61 bits per heavy atom. The van der Waals surface area contributed by atoms with Crippen molar-refractivity contribution in [3.8, 4) is 17.1 Å². The highest BCUT2D eigenvalue weighted by Gasteiger charge is 2.17. The van der Waals surface area contributed by atoms with Gasteiger partial charge in [-0.3, -0.25) is 9.36 Å². The summed E-state index contributed by atoms with van der Waals surface area (Å²) in [4.78, 5) is 12.6. The zero-order valence-corrected chi connectivity index (χ0v) is 18.6. The molecule has 0 bridgehead atoms. The first kappa shape index (κ1) is 20.9. The summed E-state index contributed by atoms with van der Waals surface area (Å²) in [6, 6.07) is 24.2. The number of aromatic nitrogens is 3. The quantitative estimate of drug-likeness (QED) is 0.407. The van der Waals surface area contributed by atoms with Gasteiger partial charge in [-0.05, 0) is 44.5 Å². The molecule has 31 heavy (non-hydrogen) atoms. The number of benzene rings is 3. The van der Waals surface area contributed by atoms with Crippen LogP contribution in [0.25, 0.3) is 17.1 Å². The van der Waals surface area contributed by atoms with Crippen LogP contribution in [-0.4, -0.2) is 26.4 Å². The molecule has 0 aliphatic carbocycles. The van der Waals surface area contributed by atoms with Gasteiger partial charge in [0.15, 0.2) is 11.0 Å². The number of hydrogen-bond acceptors (Lipinski definition) is 4. The van der Waals surface area contributed by atoms with Crippen LogP contribution in [0.3, 0.4) is 0 Å². The summed E-state index contributed by atoms with van der Waals surface area (Å²) in [6.07, 6.45) is 0. The maximum atomic E-state index is 12.6. The highest BCUT2D eigenvalue weighted by molar-refractivity contribution is 7.99. The molecule has 1 aromatic heterocycles. The van der Waals surface area contributed by atoms with E-state index in [2.05, 4.69) is 40.6 Å². The zero-order chi connectivity index (χ0) is 21.8. The first-order chi connectivity index (χ1) is 15.0. The van der Waals surface area contributed by atoms with Gasteiger partial charge in [0.05, 0.1) is 5.75 Å². The van der Waals surface area contributed by atoms with E-state index in [1.54, 1.807) is 0 Å². The Balaban J connectivity index is 1.58. The fourth-order valence-corrected chi connectivity index (χ4v) is 4.08. The van der Waals surface area contributed by atoms with Crippen LogP contribution in [0.5, 0.6) is 0 Å². The minimum Gasteiger partial charge on any atom is -0.325 e. The van der Waals surface area contributed by atoms with Gasteiger partial charge in [0.2, 0.25) is 5.91 Å². The molecular weight excluding hydrogens is 404 g/mol. The van der Waals surface area contributed by atoms with E-state index in [4.69, 9.17) is 0 Å². The summed E-state index contributed by atoms with van der Waals surface area (Å²) in [6.45, 7) is 6.09. The van der Waals surface area contributed by atoms with Crippen molar-refractivity contribution in [2.45, 2.75) is 25.9 Å². The van der Waals surface area contributed by atoms with Crippen molar-refractivity contribution in [1.29, 1.82) is 0 Å². The molecule has 0 spiro atoms. The van der Waals surface area contributed by atoms with E-state index in [1.807, 2.05) is 73.0 Å². The van der Waals surface area contributed by atoms with Gasteiger partial charge in [0, 0.05) is 16.9 Å². The van der Waals surface area contributed by atoms with Gasteiger partial charge in [0.1, 0.15) is 0 Å². The second-order valence-corrected chi connectivity index (χ2v) is 8.44. The third kappa shape index (κ3) is 4.86. The third-order valence-corrected chi connectivity index (χ3v) is 5.87. The summed E-state index contributed by atoms with van der Waals surface area (Å²) in [5, 5.41) is 12.5. The van der Waals surface area contributed by atoms with Crippen LogP contribution >= 0.6 is 11.8 Å². The lowest BCUT2D eigenvalue weighted by atomic mass is 10.1. The lowest BCUT2D eigenvalue weighted by Gasteiger charge is -2.11. The Labute approximate surface area is 186 Å². The summed E-state index contributed by atoms with van der Waals surface area (Å²) in [5.74, 6) is 0.923. The van der Waals surface area contributed by atoms with E-state index in [0.717, 1.165) is 28.3 Å². The molecule has 0 aliphatic heterocycles. The number of nitrogens with zero attached hydrogens (tertiary/aromatic N) is 3. The predicted molar refractivity (Wildman–Crippen MR) is 127 cm³/mol. The highest BCUT2D eigenvalue weighted by atomic mass is 32.2. The minimum atomic E-state index is -0.0727. The average Bonchev–Trinajstić information content (AvgIpc) is 3.19. The number of anilines is 1. The molecule has 1 N–H and O–H groups in total. The van der Waals surface area contributed by atoms with Crippen LogP contribution in [0, 0.1) is 20.8 Å². The number of carbonyl (C=O) groups excluding carboxylic acids is 1. The number of hydrogen-bond donors (Lipinski definition) is 1. The van der Waals surface area contributed by atoms with Gasteiger partial charge in [0.25, 0.3) is 0 Å². The standard InChI is InChI=1S/C25H24N4OS/c1-17-9-12-20(13-10-17)24-27-28-25(29(24)21-7-5-4-6-8-21)31-16-23(30)26-22-14-11-18(2)15-19(22)3/h4-15H,16H2,1-3H3,(H,26,30). The van der Waals surface area contributed by atoms with Crippen LogP contribution in [0.1, 0.15) is 16.7 Å². The van der Waals surface area contributed by atoms with Crippen LogP contribution in [0.2, 0.25) is 0 Å². The van der Waals surface area contributed by atoms with Crippen molar-refractivity contribution in [1.82, 2.24) is 14.8 Å². The van der Waals surface area contributed by atoms with Crippen molar-refractivity contribution < 1.29 is 4.79 Å². The number of aryl methyl sites for hydroxylation is 3. The Kier molecular flexibility index (Phi) is 6.18. The Morgan fingerprint density at radius 1 is 0.903 bits per heavy atom. The van der Waals surface area contributed by atoms with Crippen molar-refractivity contribution in [2.75, 3.05) is 11.1 Å². The first-order valence-electron chi connectivity index (χ1n) is 10.1. The maximum Gasteiger partial charge on any atom is 0.234 e. The van der Waals surface area contributed by atoms with E-state index in [-0.39, 0.29) is 11.7 Å². The van der Waals surface area contributed by atoms with E-state index < -0.39 is 0 Å². The van der Waals surface area contributed by atoms with E-state index in [0.29, 0.717) is 5.16 Å². The van der Waals surface area contributed by atoms with Crippen LogP contribution < -0.4 is 5.32 Å². The molecule has 1 amide bonds. The lowest BCUT2D eigenvalue weighted by molar-refractivity contribution is -0.113. The molecule has 3 aromatic carbocycles. The van der Waals surface area contributed by atoms with Gasteiger partial charge in [-0.15, -0.1) is 10.2 Å². The van der Waals surface area contributed by atoms with Gasteiger partial charge < -0.3 is 5.32 Å². The fraction of sp³-hybridized carbons (Fsp3) is 0.160. The van der Waals surface area contributed by atoms with E-state index >= 15 is 0 Å². The number of para-hydroxylation sites is 1. The topological polar surface area (TPSA) is 59.8 Å². The van der Waals surface area contributed by atoms with Crippen molar-refractivity contribution >= 4 is 23.4 Å². The maximum absolute atomic E-state index is 12.6. The summed E-state index contributed by atoms with van der Waals surface area (Å²) in [7, 11) is 0. The summed E-state index contributed by atoms with van der Waals surface area (Å²) >= 11 is 1.37. The minimum absolute atomic E-state index is 0.0727. The molecular formula is C25H24N4OS. The molecule has 0 fully saturated rings. The van der Waals surface area contributed by atoms with Gasteiger partial charge >= 0.3 is 0 Å². The van der Waals surface area contributed by atoms with Gasteiger partial charge in [-0.1, -0.05) is 77.5 Å². The van der Waals surface area contributed by atoms with Crippen molar-refractivity contribution in [3.63, 3.8) is 0 Å². The molecule has 0 radical (unpaired) electrons. The third-order valence-electron chi connectivity index (χ3n) is 4.95. The molecule has 4 aromatic rings. The normalized spacial score (nSPS) is 10.8. The number of amides is 1. The van der Waals surface area contributed by atoms with Crippen molar-refractivity contribution in [3.05, 3.63) is 89.5 Å². The molecule has 0 saturated heterocycles. The summed E-state index contributed by atoms with van der Waals surface area (Å²) < 4.78 is 2.00. The molecule has 0 aliphatic rings. The molecule has 156 valence electrons. The van der Waals surface area contributed by atoms with Gasteiger partial charge in [-0.25, -0.2) is 0 Å². The molecule has 6 heteroatoms. The zero-order valence-electron chi connectivity index (χ0n) is 17.8. The van der Waals surface area contributed by atoms with Crippen molar-refractivity contribution in [2.24, 2.45) is 0 Å². The molecule has 4 rings (SSSR count). The Bertz CT molecular complexity index is 1200. The largest absolute Gasteiger partial charge is 0.325 e. The monoisotopic (exact) mass is 428 g/mol. The average molecular weight is 429 g/mol. The molecule has 1 heterocycles. The fourth-order valence-electron chi connectivity index (χ4n) is 3.33. The Hall–Kier alpha value is -3.38. The number of nitrogens with one attached hydrogen (secondary N) is 1. The highest BCUT2D eigenvalue weighted by Crippen LogP contribution is 2.28. The molecule has 0 unspecified atom stereocenters. The number of carbonyl (C=O) groups is 1. The molecule has 5 nitrogen and oxygen atoms in total. The predicted octanol–water partition coefficient (Wildman–Crippen LogP) is 5.59. The molecule has 0 saturated carbocycles. The Morgan fingerprint density at radius 3 is 2.32 bits per heavy atom. The number of thioether (sulfide) groups is 1. The van der Waals surface area contributed by atoms with Crippen LogP contribution in [0.4, 0.5) is 5.69 Å². The second-order valence-electron chi connectivity index (χ2n) is 7.50. The first-order valence-corrected chi connectivity index (χ1v) is 11.1. The van der Waals surface area contributed by atoms with Crippen LogP contribution in [0.15, 0.2) is 78.0 Å². The van der Waals surface area contributed by atoms with Crippen LogP contribution in [-0.2, 0) is 4.79 Å². The smallest absolute Gasteiger partial charge is 0.234 e. The summed E-state index contributed by atoms with van der Waals surface area (Å²) in [5.41, 5.74) is 6.18. The van der Waals surface area contributed by atoms with Gasteiger partial charge in [-0.2, -0.15) is 0 Å². The number of rotatable bonds is 6.